The highest BCUT2D eigenvalue weighted by Crippen LogP contribution is 2.60. The van der Waals surface area contributed by atoms with Crippen molar-refractivity contribution in [1.29, 1.82) is 0 Å². The fourth-order valence-corrected chi connectivity index (χ4v) is 5.02. The molecular weight excluding hydrogens is 327 g/mol. The molecule has 0 amide bonds. The number of hydrogen-bond acceptors (Lipinski definition) is 6. The Hall–Kier alpha value is -1.12. The third-order valence-electron chi connectivity index (χ3n) is 3.95. The number of H-pyrrole nitrogens is 1. The number of imidazole rings is 1. The normalized spacial score (nSPS) is 28.0. The Labute approximate surface area is 130 Å². The van der Waals surface area contributed by atoms with Gasteiger partial charge in [0.15, 0.2) is 18.3 Å². The molecule has 3 atom stereocenters. The number of aromatic nitrogens is 4. The maximum atomic E-state index is 11.6. The number of rotatable bonds is 4. The van der Waals surface area contributed by atoms with Gasteiger partial charge in [-0.05, 0) is 31.1 Å². The van der Waals surface area contributed by atoms with Crippen molar-refractivity contribution < 1.29 is 14.2 Å². The van der Waals surface area contributed by atoms with Crippen molar-refractivity contribution in [3.63, 3.8) is 0 Å². The van der Waals surface area contributed by atoms with Crippen molar-refractivity contribution in [3.8, 4) is 0 Å². The molecule has 3 heterocycles. The number of ether oxygens (including phenoxy) is 1. The zero-order valence-corrected chi connectivity index (χ0v) is 13.3. The summed E-state index contributed by atoms with van der Waals surface area (Å²) in [6.07, 6.45) is 5.51. The molecule has 1 aliphatic heterocycles. The van der Waals surface area contributed by atoms with Crippen LogP contribution in [0.2, 0.25) is 0 Å². The van der Waals surface area contributed by atoms with Gasteiger partial charge in [-0.15, -0.1) is 0 Å². The van der Waals surface area contributed by atoms with Gasteiger partial charge in [-0.2, -0.15) is 5.10 Å². The number of aromatic amines is 1. The first-order chi connectivity index (χ1) is 10.5. The van der Waals surface area contributed by atoms with Crippen molar-refractivity contribution >= 4 is 29.3 Å². The lowest BCUT2D eigenvalue weighted by Gasteiger charge is -2.21. The fraction of sp³-hybridized carbons (Fsp3) is 0.583. The smallest absolute Gasteiger partial charge is 0.292 e. The Morgan fingerprint density at radius 3 is 3.05 bits per heavy atom. The summed E-state index contributed by atoms with van der Waals surface area (Å²) in [6, 6.07) is 0. The number of hydrogen-bond donors (Lipinski definition) is 2. The Balaban J connectivity index is 1.53. The molecule has 2 aliphatic rings. The largest absolute Gasteiger partial charge is 0.345 e. The lowest BCUT2D eigenvalue weighted by molar-refractivity contribution is -0.0949. The van der Waals surface area contributed by atoms with Crippen molar-refractivity contribution in [2.24, 2.45) is 0 Å². The van der Waals surface area contributed by atoms with E-state index < -0.39 is 12.8 Å². The first kappa shape index (κ1) is 14.5. The fourth-order valence-electron chi connectivity index (χ4n) is 2.64. The summed E-state index contributed by atoms with van der Waals surface area (Å²) in [5, 5.41) is 6.14. The first-order valence-corrected chi connectivity index (χ1v) is 9.85. The van der Waals surface area contributed by atoms with Crippen molar-refractivity contribution in [2.75, 3.05) is 0 Å². The molecule has 22 heavy (non-hydrogen) atoms. The van der Waals surface area contributed by atoms with Gasteiger partial charge in [-0.25, -0.2) is 10.1 Å². The predicted octanol–water partition coefficient (Wildman–Crippen LogP) is 1.24. The molecule has 0 bridgehead atoms. The molecule has 1 saturated carbocycles. The molecular formula is C12H15N4O4PS. The van der Waals surface area contributed by atoms with Crippen LogP contribution in [0.1, 0.15) is 31.9 Å². The monoisotopic (exact) mass is 342 g/mol. The maximum absolute atomic E-state index is 11.6. The summed E-state index contributed by atoms with van der Waals surface area (Å²) in [7, 11) is 0. The number of nitrogens with zero attached hydrogens (tertiary/aromatic N) is 3. The van der Waals surface area contributed by atoms with E-state index in [-0.39, 0.29) is 17.4 Å². The van der Waals surface area contributed by atoms with Gasteiger partial charge in [-0.3, -0.25) is 9.32 Å². The minimum absolute atomic E-state index is 0.127. The number of nitrogens with one attached hydrogen (secondary N) is 1. The zero-order valence-electron chi connectivity index (χ0n) is 11.6. The van der Waals surface area contributed by atoms with Crippen LogP contribution in [0.5, 0.6) is 0 Å². The average molecular weight is 342 g/mol. The van der Waals surface area contributed by atoms with Crippen LogP contribution in [0, 0.1) is 0 Å². The SMILES string of the molecule is O=c1[nH]ncc2c1ncn2C1CCC(OP(O)(=S)C2CC2)O1. The molecule has 118 valence electrons. The Morgan fingerprint density at radius 1 is 1.45 bits per heavy atom. The second kappa shape index (κ2) is 5.21. The molecule has 10 heteroatoms. The van der Waals surface area contributed by atoms with Crippen molar-refractivity contribution in [2.45, 2.75) is 43.9 Å². The molecule has 8 nitrogen and oxygen atoms in total. The molecule has 2 fully saturated rings. The summed E-state index contributed by atoms with van der Waals surface area (Å²) >= 11 is 5.19. The first-order valence-electron chi connectivity index (χ1n) is 7.11. The van der Waals surface area contributed by atoms with Gasteiger partial charge in [0, 0.05) is 12.1 Å². The van der Waals surface area contributed by atoms with E-state index in [1.54, 1.807) is 17.1 Å². The Kier molecular flexibility index (Phi) is 3.43. The van der Waals surface area contributed by atoms with E-state index in [9.17, 15) is 9.69 Å². The van der Waals surface area contributed by atoms with E-state index in [0.29, 0.717) is 23.9 Å². The van der Waals surface area contributed by atoms with Gasteiger partial charge >= 0.3 is 0 Å². The van der Waals surface area contributed by atoms with Crippen LogP contribution in [0.15, 0.2) is 17.3 Å². The topological polar surface area (TPSA) is 102 Å². The Bertz CT molecular complexity index is 817. The van der Waals surface area contributed by atoms with Crippen molar-refractivity contribution in [3.05, 3.63) is 22.9 Å². The highest BCUT2D eigenvalue weighted by molar-refractivity contribution is 8.09. The summed E-state index contributed by atoms with van der Waals surface area (Å²) in [5.41, 5.74) is 0.733. The maximum Gasteiger partial charge on any atom is 0.292 e. The summed E-state index contributed by atoms with van der Waals surface area (Å²) < 4.78 is 13.2. The lowest BCUT2D eigenvalue weighted by atomic mass is 10.3. The molecule has 1 aliphatic carbocycles. The minimum atomic E-state index is -2.75. The van der Waals surface area contributed by atoms with Crippen LogP contribution in [-0.4, -0.2) is 36.6 Å². The molecule has 0 spiro atoms. The lowest BCUT2D eigenvalue weighted by Crippen LogP contribution is -2.14. The highest BCUT2D eigenvalue weighted by Gasteiger charge is 2.41. The zero-order chi connectivity index (χ0) is 15.3. The second-order valence-electron chi connectivity index (χ2n) is 5.58. The molecule has 4 rings (SSSR count). The van der Waals surface area contributed by atoms with Crippen LogP contribution < -0.4 is 5.56 Å². The second-order valence-corrected chi connectivity index (χ2v) is 9.22. The van der Waals surface area contributed by atoms with Crippen LogP contribution in [0.25, 0.3) is 11.0 Å². The van der Waals surface area contributed by atoms with Crippen LogP contribution in [0.3, 0.4) is 0 Å². The quantitative estimate of drug-likeness (QED) is 0.806. The van der Waals surface area contributed by atoms with Gasteiger partial charge < -0.3 is 14.2 Å². The van der Waals surface area contributed by atoms with E-state index in [1.165, 1.54) is 0 Å². The highest BCUT2D eigenvalue weighted by atomic mass is 32.5. The van der Waals surface area contributed by atoms with Crippen molar-refractivity contribution in [1.82, 2.24) is 19.7 Å². The van der Waals surface area contributed by atoms with Gasteiger partial charge in [0.1, 0.15) is 6.23 Å². The van der Waals surface area contributed by atoms with Gasteiger partial charge in [-0.1, -0.05) is 0 Å². The molecule has 2 aromatic rings. The molecule has 2 N–H and O–H groups in total. The van der Waals surface area contributed by atoms with Gasteiger partial charge in [0.2, 0.25) is 0 Å². The summed E-state index contributed by atoms with van der Waals surface area (Å²) in [4.78, 5) is 25.9. The molecule has 0 radical (unpaired) electrons. The van der Waals surface area contributed by atoms with E-state index in [2.05, 4.69) is 15.2 Å². The molecule has 0 aromatic carbocycles. The molecule has 2 aromatic heterocycles. The van der Waals surface area contributed by atoms with E-state index >= 15 is 0 Å². The van der Waals surface area contributed by atoms with Crippen LogP contribution in [-0.2, 0) is 21.1 Å². The number of fused-ring (bicyclic) bond motifs is 1. The Morgan fingerprint density at radius 2 is 2.27 bits per heavy atom. The minimum Gasteiger partial charge on any atom is -0.345 e. The van der Waals surface area contributed by atoms with Crippen LogP contribution >= 0.6 is 6.49 Å². The summed E-state index contributed by atoms with van der Waals surface area (Å²) in [6.45, 7) is -2.75. The summed E-state index contributed by atoms with van der Waals surface area (Å²) in [5.74, 6) is 0. The van der Waals surface area contributed by atoms with Gasteiger partial charge in [0.25, 0.3) is 5.56 Å². The third kappa shape index (κ3) is 2.53. The van der Waals surface area contributed by atoms with Gasteiger partial charge in [0.05, 0.1) is 18.0 Å². The van der Waals surface area contributed by atoms with E-state index in [1.807, 2.05) is 0 Å². The molecule has 3 unspecified atom stereocenters. The van der Waals surface area contributed by atoms with E-state index in [0.717, 1.165) is 12.8 Å². The predicted molar refractivity (Wildman–Crippen MR) is 81.9 cm³/mol. The molecule has 1 saturated heterocycles. The standard InChI is InChI=1S/C12H15N4O4PS/c17-12-11-8(5-14-15-12)16(6-13-11)9-3-4-10(19-9)20-21(18,22)7-1-2-7/h5-7,9-10H,1-4H2,(H,15,17)(H,18,22). The van der Waals surface area contributed by atoms with Crippen LogP contribution in [0.4, 0.5) is 0 Å². The van der Waals surface area contributed by atoms with E-state index in [4.69, 9.17) is 21.1 Å². The average Bonchev–Trinajstić information content (AvgIpc) is 3.11. The third-order valence-corrected chi connectivity index (χ3v) is 7.07.